The molecule has 2 amide bonds. The molecule has 1 aromatic rings. The van der Waals surface area contributed by atoms with Crippen LogP contribution in [0.4, 0.5) is 29.7 Å². The molecule has 0 aromatic heterocycles. The van der Waals surface area contributed by atoms with Crippen molar-refractivity contribution >= 4 is 51.9 Å². The maximum absolute atomic E-state index is 14.4. The molecule has 2 aliphatic heterocycles. The number of hydrogen-bond donors (Lipinski definition) is 1. The quantitative estimate of drug-likeness (QED) is 0.775. The van der Waals surface area contributed by atoms with Gasteiger partial charge in [-0.1, -0.05) is 12.2 Å². The lowest BCUT2D eigenvalue weighted by molar-refractivity contribution is 0.143. The number of benzene rings is 1. The van der Waals surface area contributed by atoms with E-state index in [1.54, 1.807) is 0 Å². The summed E-state index contributed by atoms with van der Waals surface area (Å²) >= 11 is 6.36. The predicted octanol–water partition coefficient (Wildman–Crippen LogP) is 2.48. The molecule has 140 valence electrons. The van der Waals surface area contributed by atoms with Crippen molar-refractivity contribution in [1.29, 1.82) is 0 Å². The van der Waals surface area contributed by atoms with E-state index in [0.717, 1.165) is 21.9 Å². The number of hydrogen-bond acceptors (Lipinski definition) is 6. The third-order valence-electron chi connectivity index (χ3n) is 3.88. The first-order valence-corrected chi connectivity index (χ1v) is 9.27. The van der Waals surface area contributed by atoms with E-state index in [0.29, 0.717) is 10.9 Å². The summed E-state index contributed by atoms with van der Waals surface area (Å²) < 4.78 is 39.3. The van der Waals surface area contributed by atoms with Crippen molar-refractivity contribution in [3.63, 3.8) is 0 Å². The SMILES string of the molecule is CSC(=S)NC[C@H]1CN(c2cc(F)c(N3CCOC3=O)c(F)c2)C(=O)O1. The van der Waals surface area contributed by atoms with E-state index < -0.39 is 35.6 Å². The number of thiocarbonyl (C=S) groups is 1. The molecule has 2 fully saturated rings. The molecule has 7 nitrogen and oxygen atoms in total. The Morgan fingerprint density at radius 2 is 2.00 bits per heavy atom. The minimum atomic E-state index is -0.961. The van der Waals surface area contributed by atoms with Gasteiger partial charge in [-0.3, -0.25) is 9.80 Å². The van der Waals surface area contributed by atoms with Crippen LogP contribution in [-0.2, 0) is 9.47 Å². The standard InChI is InChI=1S/C15H15F2N3O4S2/c1-26-13(25)18-6-9-7-20(15(22)24-9)8-4-10(16)12(11(17)5-8)19-2-3-23-14(19)21/h4-5,9H,2-3,6-7H2,1H3,(H,18,25)/t9-/m0/s1. The van der Waals surface area contributed by atoms with Crippen molar-refractivity contribution in [2.75, 3.05) is 42.3 Å². The summed E-state index contributed by atoms with van der Waals surface area (Å²) in [6, 6.07) is 1.99. The molecule has 0 bridgehead atoms. The van der Waals surface area contributed by atoms with Gasteiger partial charge in [0.25, 0.3) is 0 Å². The fraction of sp³-hybridized carbons (Fsp3) is 0.400. The Morgan fingerprint density at radius 3 is 2.58 bits per heavy atom. The van der Waals surface area contributed by atoms with Gasteiger partial charge in [-0.15, -0.1) is 11.8 Å². The van der Waals surface area contributed by atoms with Crippen LogP contribution in [0, 0.1) is 11.6 Å². The zero-order valence-corrected chi connectivity index (χ0v) is 15.3. The normalized spacial score (nSPS) is 19.6. The molecule has 0 unspecified atom stereocenters. The summed E-state index contributed by atoms with van der Waals surface area (Å²) in [5.74, 6) is -1.92. The van der Waals surface area contributed by atoms with Crippen LogP contribution in [0.25, 0.3) is 0 Å². The van der Waals surface area contributed by atoms with Gasteiger partial charge in [-0.05, 0) is 6.26 Å². The fourth-order valence-electron chi connectivity index (χ4n) is 2.67. The molecule has 0 spiro atoms. The largest absolute Gasteiger partial charge is 0.447 e. The number of ether oxygens (including phenoxy) is 2. The van der Waals surface area contributed by atoms with Crippen LogP contribution < -0.4 is 15.1 Å². The summed E-state index contributed by atoms with van der Waals surface area (Å²) in [7, 11) is 0. The molecular weight excluding hydrogens is 388 g/mol. The zero-order chi connectivity index (χ0) is 18.8. The Labute approximate surface area is 157 Å². The fourth-order valence-corrected chi connectivity index (χ4v) is 2.98. The van der Waals surface area contributed by atoms with E-state index in [1.807, 2.05) is 6.26 Å². The third kappa shape index (κ3) is 3.68. The van der Waals surface area contributed by atoms with Crippen LogP contribution in [0.1, 0.15) is 0 Å². The number of carbonyl (C=O) groups is 2. The number of rotatable bonds is 4. The molecule has 2 aliphatic rings. The zero-order valence-electron chi connectivity index (χ0n) is 13.7. The van der Waals surface area contributed by atoms with Crippen LogP contribution in [-0.4, -0.2) is 55.1 Å². The average Bonchev–Trinajstić information content (AvgIpc) is 3.18. The number of anilines is 2. The molecule has 2 saturated heterocycles. The van der Waals surface area contributed by atoms with Gasteiger partial charge in [0.2, 0.25) is 0 Å². The lowest BCUT2D eigenvalue weighted by atomic mass is 10.2. The van der Waals surface area contributed by atoms with Crippen molar-refractivity contribution < 1.29 is 27.8 Å². The van der Waals surface area contributed by atoms with Crippen LogP contribution in [0.2, 0.25) is 0 Å². The van der Waals surface area contributed by atoms with Gasteiger partial charge in [-0.25, -0.2) is 18.4 Å². The predicted molar refractivity (Wildman–Crippen MR) is 96.8 cm³/mol. The monoisotopic (exact) mass is 403 g/mol. The second kappa shape index (κ2) is 7.62. The van der Waals surface area contributed by atoms with E-state index in [2.05, 4.69) is 5.32 Å². The first kappa shape index (κ1) is 18.6. The molecule has 0 saturated carbocycles. The summed E-state index contributed by atoms with van der Waals surface area (Å²) in [6.07, 6.45) is -0.219. The molecule has 26 heavy (non-hydrogen) atoms. The maximum Gasteiger partial charge on any atom is 0.414 e. The Morgan fingerprint density at radius 1 is 1.31 bits per heavy atom. The van der Waals surface area contributed by atoms with Crippen molar-refractivity contribution in [2.45, 2.75) is 6.10 Å². The third-order valence-corrected chi connectivity index (χ3v) is 5.04. The van der Waals surface area contributed by atoms with Gasteiger partial charge in [0.05, 0.1) is 25.3 Å². The van der Waals surface area contributed by atoms with E-state index in [1.165, 1.54) is 11.8 Å². The molecule has 0 radical (unpaired) electrons. The second-order valence-corrected chi connectivity index (χ2v) is 7.00. The number of nitrogens with one attached hydrogen (secondary N) is 1. The van der Waals surface area contributed by atoms with Crippen LogP contribution in [0.3, 0.4) is 0 Å². The van der Waals surface area contributed by atoms with Gasteiger partial charge in [-0.2, -0.15) is 0 Å². The lowest BCUT2D eigenvalue weighted by Crippen LogP contribution is -2.32. The Balaban J connectivity index is 1.76. The van der Waals surface area contributed by atoms with Crippen LogP contribution in [0.15, 0.2) is 12.1 Å². The number of thioether (sulfide) groups is 1. The molecule has 3 rings (SSSR count). The first-order chi connectivity index (χ1) is 12.4. The number of carbonyl (C=O) groups excluding carboxylic acids is 2. The molecule has 1 atom stereocenters. The van der Waals surface area contributed by atoms with Gasteiger partial charge in [0.15, 0.2) is 11.6 Å². The van der Waals surface area contributed by atoms with Crippen LogP contribution >= 0.6 is 24.0 Å². The second-order valence-electron chi connectivity index (χ2n) is 5.51. The summed E-state index contributed by atoms with van der Waals surface area (Å²) in [5, 5.41) is 2.92. The molecular formula is C15H15F2N3O4S2. The van der Waals surface area contributed by atoms with Gasteiger partial charge in [0, 0.05) is 12.1 Å². The smallest absolute Gasteiger partial charge is 0.414 e. The summed E-state index contributed by atoms with van der Waals surface area (Å²) in [5.41, 5.74) is -0.483. The minimum Gasteiger partial charge on any atom is -0.447 e. The molecule has 1 N–H and O–H groups in total. The Kier molecular flexibility index (Phi) is 5.47. The number of cyclic esters (lactones) is 2. The van der Waals surface area contributed by atoms with Crippen molar-refractivity contribution in [2.24, 2.45) is 0 Å². The summed E-state index contributed by atoms with van der Waals surface area (Å²) in [4.78, 5) is 25.6. The van der Waals surface area contributed by atoms with E-state index in [9.17, 15) is 18.4 Å². The molecule has 0 aliphatic carbocycles. The Bertz CT molecular complexity index is 741. The first-order valence-electron chi connectivity index (χ1n) is 7.64. The highest BCUT2D eigenvalue weighted by molar-refractivity contribution is 8.22. The number of halogens is 2. The van der Waals surface area contributed by atoms with Gasteiger partial charge in [0.1, 0.15) is 22.7 Å². The molecule has 11 heteroatoms. The topological polar surface area (TPSA) is 71.1 Å². The highest BCUT2D eigenvalue weighted by atomic mass is 32.2. The van der Waals surface area contributed by atoms with Gasteiger partial charge >= 0.3 is 12.2 Å². The van der Waals surface area contributed by atoms with Crippen molar-refractivity contribution in [1.82, 2.24) is 5.32 Å². The van der Waals surface area contributed by atoms with Crippen molar-refractivity contribution in [3.05, 3.63) is 23.8 Å². The highest BCUT2D eigenvalue weighted by Gasteiger charge is 2.35. The Hall–Kier alpha value is -2.14. The van der Waals surface area contributed by atoms with E-state index in [-0.39, 0.29) is 25.4 Å². The lowest BCUT2D eigenvalue weighted by Gasteiger charge is -2.18. The van der Waals surface area contributed by atoms with E-state index >= 15 is 0 Å². The molecule has 2 heterocycles. The summed E-state index contributed by atoms with van der Waals surface area (Å²) in [6.45, 7) is 0.531. The highest BCUT2D eigenvalue weighted by Crippen LogP contribution is 2.32. The van der Waals surface area contributed by atoms with Crippen molar-refractivity contribution in [3.8, 4) is 0 Å². The van der Waals surface area contributed by atoms with Crippen LogP contribution in [0.5, 0.6) is 0 Å². The van der Waals surface area contributed by atoms with E-state index in [4.69, 9.17) is 21.7 Å². The maximum atomic E-state index is 14.4. The minimum absolute atomic E-state index is 0.0104. The molecule has 1 aromatic carbocycles. The average molecular weight is 403 g/mol. The number of nitrogens with zero attached hydrogens (tertiary/aromatic N) is 2. The number of amides is 2. The van der Waals surface area contributed by atoms with Gasteiger partial charge < -0.3 is 14.8 Å².